The third-order valence-electron chi connectivity index (χ3n) is 5.19. The molecule has 0 radical (unpaired) electrons. The molecule has 3 saturated carbocycles. The summed E-state index contributed by atoms with van der Waals surface area (Å²) in [5.74, 6) is 2.70. The minimum absolute atomic E-state index is 0.0729. The molecule has 3 fully saturated rings. The lowest BCUT2D eigenvalue weighted by Gasteiger charge is -2.11. The molecule has 0 aromatic carbocycles. The maximum atomic E-state index is 12.4. The molecule has 0 spiro atoms. The zero-order chi connectivity index (χ0) is 13.4. The minimum atomic E-state index is -3.55. The van der Waals surface area contributed by atoms with E-state index in [2.05, 4.69) is 9.71 Å². The lowest BCUT2D eigenvalue weighted by molar-refractivity contribution is 0.456. The number of rotatable bonds is 3. The monoisotopic (exact) mass is 282 g/mol. The smallest absolute Gasteiger partial charge is 0.260 e. The lowest BCUT2D eigenvalue weighted by Crippen LogP contribution is -2.31. The van der Waals surface area contributed by atoms with E-state index in [1.807, 2.05) is 0 Å². The van der Waals surface area contributed by atoms with Crippen LogP contribution in [0.25, 0.3) is 0 Å². The van der Waals surface area contributed by atoms with Gasteiger partial charge in [-0.3, -0.25) is 0 Å². The Morgan fingerprint density at radius 2 is 2.00 bits per heavy atom. The van der Waals surface area contributed by atoms with E-state index >= 15 is 0 Å². The number of sulfonamides is 1. The summed E-state index contributed by atoms with van der Waals surface area (Å²) in [6.45, 7) is 0. The number of nitrogens with one attached hydrogen (secondary N) is 1. The van der Waals surface area contributed by atoms with Crippen LogP contribution in [-0.2, 0) is 17.1 Å². The highest BCUT2D eigenvalue weighted by atomic mass is 32.2. The summed E-state index contributed by atoms with van der Waals surface area (Å²) in [5, 5.41) is 0.0878. The molecular weight excluding hydrogens is 264 g/mol. The van der Waals surface area contributed by atoms with Gasteiger partial charge in [0, 0.05) is 13.1 Å². The summed E-state index contributed by atoms with van der Waals surface area (Å²) in [5.41, 5.74) is 5.66. The van der Waals surface area contributed by atoms with Crippen molar-refractivity contribution in [2.45, 2.75) is 30.3 Å². The molecule has 2 bridgehead atoms. The average molecular weight is 282 g/mol. The van der Waals surface area contributed by atoms with Gasteiger partial charge < -0.3 is 10.3 Å². The number of fused-ring (bicyclic) bond motifs is 5. The quantitative estimate of drug-likeness (QED) is 0.835. The van der Waals surface area contributed by atoms with Gasteiger partial charge >= 0.3 is 0 Å². The van der Waals surface area contributed by atoms with Gasteiger partial charge in [-0.2, -0.15) is 0 Å². The van der Waals surface area contributed by atoms with E-state index in [-0.39, 0.29) is 16.9 Å². The van der Waals surface area contributed by atoms with E-state index < -0.39 is 10.0 Å². The Kier molecular flexibility index (Phi) is 2.17. The second kappa shape index (κ2) is 3.52. The highest BCUT2D eigenvalue weighted by Crippen LogP contribution is 2.65. The zero-order valence-electron chi connectivity index (χ0n) is 10.8. The van der Waals surface area contributed by atoms with Crippen LogP contribution in [0, 0.1) is 23.7 Å². The molecule has 0 aliphatic heterocycles. The number of aryl methyl sites for hydroxylation is 1. The molecule has 104 valence electrons. The summed E-state index contributed by atoms with van der Waals surface area (Å²) in [4.78, 5) is 3.85. The zero-order valence-corrected chi connectivity index (χ0v) is 11.6. The van der Waals surface area contributed by atoms with Crippen molar-refractivity contribution < 1.29 is 8.42 Å². The Morgan fingerprint density at radius 3 is 2.53 bits per heavy atom. The van der Waals surface area contributed by atoms with E-state index in [0.717, 1.165) is 11.8 Å². The Hall–Kier alpha value is -1.08. The molecule has 6 nitrogen and oxygen atoms in total. The predicted octanol–water partition coefficient (Wildman–Crippen LogP) is 0.325. The molecule has 4 atom stereocenters. The topological polar surface area (TPSA) is 90.0 Å². The molecule has 0 saturated heterocycles. The molecule has 1 aromatic rings. The first kappa shape index (κ1) is 11.7. The average Bonchev–Trinajstić information content (AvgIpc) is 2.71. The maximum absolute atomic E-state index is 12.4. The Labute approximate surface area is 112 Å². The second-order valence-corrected chi connectivity index (χ2v) is 7.81. The van der Waals surface area contributed by atoms with E-state index in [1.165, 1.54) is 30.2 Å². The number of nitrogens with two attached hydrogens (primary N) is 1. The highest BCUT2D eigenvalue weighted by Gasteiger charge is 2.65. The van der Waals surface area contributed by atoms with Gasteiger partial charge in [-0.05, 0) is 42.9 Å². The van der Waals surface area contributed by atoms with Crippen molar-refractivity contribution in [3.8, 4) is 0 Å². The number of anilines is 1. The van der Waals surface area contributed by atoms with Gasteiger partial charge in [-0.25, -0.2) is 18.1 Å². The van der Waals surface area contributed by atoms with Gasteiger partial charge in [0.2, 0.25) is 0 Å². The first-order valence-electron chi connectivity index (χ1n) is 6.78. The van der Waals surface area contributed by atoms with E-state index in [4.69, 9.17) is 5.73 Å². The third kappa shape index (κ3) is 1.51. The van der Waals surface area contributed by atoms with Gasteiger partial charge in [0.25, 0.3) is 10.0 Å². The molecule has 3 aliphatic carbocycles. The number of hydrogen-bond donors (Lipinski definition) is 2. The summed E-state index contributed by atoms with van der Waals surface area (Å²) < 4.78 is 29.1. The Morgan fingerprint density at radius 1 is 1.37 bits per heavy atom. The fraction of sp³-hybridized carbons (Fsp3) is 0.750. The molecular formula is C12H18N4O2S. The van der Waals surface area contributed by atoms with Crippen molar-refractivity contribution in [3.63, 3.8) is 0 Å². The van der Waals surface area contributed by atoms with Crippen LogP contribution in [0.1, 0.15) is 19.3 Å². The summed E-state index contributed by atoms with van der Waals surface area (Å²) in [6.07, 6.45) is 5.29. The largest absolute Gasteiger partial charge is 0.381 e. The van der Waals surface area contributed by atoms with E-state index in [9.17, 15) is 8.42 Å². The highest BCUT2D eigenvalue weighted by molar-refractivity contribution is 7.89. The van der Waals surface area contributed by atoms with Gasteiger partial charge in [0.1, 0.15) is 0 Å². The molecule has 1 aromatic heterocycles. The van der Waals surface area contributed by atoms with E-state index in [1.54, 1.807) is 7.05 Å². The molecule has 7 heteroatoms. The van der Waals surface area contributed by atoms with Crippen molar-refractivity contribution >= 4 is 15.8 Å². The van der Waals surface area contributed by atoms with Crippen LogP contribution in [0.4, 0.5) is 5.82 Å². The van der Waals surface area contributed by atoms with Crippen molar-refractivity contribution in [1.82, 2.24) is 14.3 Å². The van der Waals surface area contributed by atoms with Gasteiger partial charge in [-0.1, -0.05) is 0 Å². The molecule has 3 N–H and O–H groups in total. The van der Waals surface area contributed by atoms with Crippen LogP contribution >= 0.6 is 0 Å². The Balaban J connectivity index is 1.58. The normalized spacial score (nSPS) is 39.5. The van der Waals surface area contributed by atoms with Crippen LogP contribution in [-0.4, -0.2) is 24.0 Å². The molecule has 4 rings (SSSR count). The number of hydrogen-bond acceptors (Lipinski definition) is 4. The van der Waals surface area contributed by atoms with Crippen LogP contribution in [0.3, 0.4) is 0 Å². The van der Waals surface area contributed by atoms with Gasteiger partial charge in [0.15, 0.2) is 10.8 Å². The second-order valence-electron chi connectivity index (χ2n) is 6.18. The molecule has 0 amide bonds. The van der Waals surface area contributed by atoms with Gasteiger partial charge in [0.05, 0.1) is 6.33 Å². The standard InChI is InChI=1S/C12H18N4O2S/c1-16-5-14-11(13)12(16)19(17,18)15-10-8-6-2-3-7(4-6)9(8)10/h5-10,15H,2-4,13H2,1H3. The molecule has 1 heterocycles. The van der Waals surface area contributed by atoms with Crippen molar-refractivity contribution in [2.24, 2.45) is 30.7 Å². The van der Waals surface area contributed by atoms with Crippen LogP contribution in [0.5, 0.6) is 0 Å². The SMILES string of the molecule is Cn1cnc(N)c1S(=O)(=O)NC1C2C3CCC(C3)C12. The lowest BCUT2D eigenvalue weighted by atomic mass is 10.0. The fourth-order valence-corrected chi connectivity index (χ4v) is 6.02. The summed E-state index contributed by atoms with van der Waals surface area (Å²) >= 11 is 0. The Bertz CT molecular complexity index is 603. The first-order valence-corrected chi connectivity index (χ1v) is 8.26. The van der Waals surface area contributed by atoms with Crippen LogP contribution in [0.2, 0.25) is 0 Å². The number of nitrogens with zero attached hydrogens (tertiary/aromatic N) is 2. The van der Waals surface area contributed by atoms with Gasteiger partial charge in [-0.15, -0.1) is 0 Å². The number of nitrogen functional groups attached to an aromatic ring is 1. The van der Waals surface area contributed by atoms with Crippen LogP contribution < -0.4 is 10.5 Å². The summed E-state index contributed by atoms with van der Waals surface area (Å²) in [7, 11) is -1.90. The first-order chi connectivity index (χ1) is 8.99. The van der Waals surface area contributed by atoms with Crippen molar-refractivity contribution in [1.29, 1.82) is 0 Å². The predicted molar refractivity (Wildman–Crippen MR) is 69.5 cm³/mol. The number of imidazole rings is 1. The minimum Gasteiger partial charge on any atom is -0.381 e. The molecule has 4 unspecified atom stereocenters. The van der Waals surface area contributed by atoms with Crippen LogP contribution in [0.15, 0.2) is 11.4 Å². The van der Waals surface area contributed by atoms with Crippen molar-refractivity contribution in [3.05, 3.63) is 6.33 Å². The fourth-order valence-electron chi connectivity index (χ4n) is 4.48. The molecule has 3 aliphatic rings. The summed E-state index contributed by atoms with van der Waals surface area (Å²) in [6, 6.07) is 0.130. The number of aromatic nitrogens is 2. The molecule has 19 heavy (non-hydrogen) atoms. The van der Waals surface area contributed by atoms with E-state index in [0.29, 0.717) is 11.8 Å². The van der Waals surface area contributed by atoms with Crippen molar-refractivity contribution in [2.75, 3.05) is 5.73 Å². The third-order valence-corrected chi connectivity index (χ3v) is 6.78. The maximum Gasteiger partial charge on any atom is 0.260 e.